The third kappa shape index (κ3) is 4.35. The lowest BCUT2D eigenvalue weighted by Gasteiger charge is -2.21. The van der Waals surface area contributed by atoms with E-state index in [1.54, 1.807) is 30.0 Å². The van der Waals surface area contributed by atoms with Crippen LogP contribution in [-0.2, 0) is 0 Å². The van der Waals surface area contributed by atoms with Crippen molar-refractivity contribution >= 4 is 6.03 Å². The van der Waals surface area contributed by atoms with Crippen molar-refractivity contribution in [3.05, 3.63) is 24.4 Å². The summed E-state index contributed by atoms with van der Waals surface area (Å²) in [6.07, 6.45) is 3.53. The molecule has 0 fully saturated rings. The van der Waals surface area contributed by atoms with E-state index in [0.717, 1.165) is 5.57 Å². The number of rotatable bonds is 3. The van der Waals surface area contributed by atoms with Crippen LogP contribution in [0.4, 0.5) is 4.79 Å². The minimum atomic E-state index is -0.0268. The zero-order valence-electron chi connectivity index (χ0n) is 8.87. The second kappa shape index (κ2) is 5.41. The minimum absolute atomic E-state index is 0.0268. The van der Waals surface area contributed by atoms with Gasteiger partial charge in [-0.25, -0.2) is 4.79 Å². The molecule has 0 aromatic heterocycles. The van der Waals surface area contributed by atoms with E-state index in [2.05, 4.69) is 6.58 Å². The first-order chi connectivity index (χ1) is 5.99. The molecule has 3 nitrogen and oxygen atoms in total. The van der Waals surface area contributed by atoms with Crippen LogP contribution in [0.25, 0.3) is 0 Å². The number of carbonyl (C=O) groups excluding carboxylic acids is 1. The van der Waals surface area contributed by atoms with Crippen LogP contribution < -0.4 is 0 Å². The van der Waals surface area contributed by atoms with Gasteiger partial charge in [0, 0.05) is 26.8 Å². The molecule has 0 saturated heterocycles. The molecule has 13 heavy (non-hydrogen) atoms. The summed E-state index contributed by atoms with van der Waals surface area (Å²) in [6.45, 7) is 8.07. The van der Waals surface area contributed by atoms with Gasteiger partial charge in [0.25, 0.3) is 0 Å². The van der Waals surface area contributed by atoms with E-state index < -0.39 is 0 Å². The van der Waals surface area contributed by atoms with Crippen LogP contribution in [0.1, 0.15) is 13.8 Å². The lowest BCUT2D eigenvalue weighted by Crippen LogP contribution is -2.35. The second-order valence-corrected chi connectivity index (χ2v) is 3.32. The molecule has 3 heteroatoms. The van der Waals surface area contributed by atoms with Crippen LogP contribution in [0.5, 0.6) is 0 Å². The number of urea groups is 1. The van der Waals surface area contributed by atoms with Crippen LogP contribution >= 0.6 is 0 Å². The first kappa shape index (κ1) is 11.8. The predicted molar refractivity (Wildman–Crippen MR) is 55.4 cm³/mol. The fraction of sp³-hybridized carbons (Fsp3) is 0.500. The van der Waals surface area contributed by atoms with Crippen molar-refractivity contribution in [1.29, 1.82) is 0 Å². The summed E-state index contributed by atoms with van der Waals surface area (Å²) in [4.78, 5) is 14.7. The molecule has 0 aromatic rings. The number of amides is 2. The van der Waals surface area contributed by atoms with Crippen molar-refractivity contribution < 1.29 is 4.79 Å². The molecule has 0 N–H and O–H groups in total. The highest BCUT2D eigenvalue weighted by Crippen LogP contribution is 2.00. The molecule has 0 atom stereocenters. The average Bonchev–Trinajstić information content (AvgIpc) is 2.01. The summed E-state index contributed by atoms with van der Waals surface area (Å²) in [7, 11) is 3.47. The van der Waals surface area contributed by atoms with Gasteiger partial charge in [-0.2, -0.15) is 0 Å². The van der Waals surface area contributed by atoms with Gasteiger partial charge in [-0.15, -0.1) is 6.58 Å². The first-order valence-electron chi connectivity index (χ1n) is 4.23. The highest BCUT2D eigenvalue weighted by atomic mass is 16.2. The van der Waals surface area contributed by atoms with Crippen molar-refractivity contribution in [3.8, 4) is 0 Å². The van der Waals surface area contributed by atoms with Crippen LogP contribution in [0.15, 0.2) is 24.4 Å². The van der Waals surface area contributed by atoms with Gasteiger partial charge in [-0.1, -0.05) is 11.6 Å². The summed E-state index contributed by atoms with van der Waals surface area (Å²) in [6, 6.07) is -0.0268. The Morgan fingerprint density at radius 2 is 1.92 bits per heavy atom. The molecule has 0 bridgehead atoms. The molecular formula is C10H18N2O. The van der Waals surface area contributed by atoms with Gasteiger partial charge in [0.2, 0.25) is 0 Å². The van der Waals surface area contributed by atoms with E-state index in [1.807, 2.05) is 20.0 Å². The monoisotopic (exact) mass is 182 g/mol. The fourth-order valence-corrected chi connectivity index (χ4v) is 0.894. The van der Waals surface area contributed by atoms with E-state index in [1.165, 1.54) is 0 Å². The van der Waals surface area contributed by atoms with Gasteiger partial charge in [-0.3, -0.25) is 4.90 Å². The van der Waals surface area contributed by atoms with Gasteiger partial charge in [-0.05, 0) is 13.8 Å². The van der Waals surface area contributed by atoms with Crippen LogP contribution in [0.2, 0.25) is 0 Å². The van der Waals surface area contributed by atoms with E-state index >= 15 is 0 Å². The third-order valence-corrected chi connectivity index (χ3v) is 1.37. The highest BCUT2D eigenvalue weighted by Gasteiger charge is 2.10. The number of nitrogens with zero attached hydrogens (tertiary/aromatic N) is 2. The molecule has 2 amide bonds. The summed E-state index contributed by atoms with van der Waals surface area (Å²) >= 11 is 0. The first-order valence-corrected chi connectivity index (χ1v) is 4.23. The molecule has 0 aliphatic rings. The quantitative estimate of drug-likeness (QED) is 0.613. The minimum Gasteiger partial charge on any atom is -0.330 e. The zero-order valence-corrected chi connectivity index (χ0v) is 8.87. The smallest absolute Gasteiger partial charge is 0.323 e. The van der Waals surface area contributed by atoms with Crippen LogP contribution in [0, 0.1) is 0 Å². The predicted octanol–water partition coefficient (Wildman–Crippen LogP) is 2.08. The van der Waals surface area contributed by atoms with Gasteiger partial charge in [0.15, 0.2) is 0 Å². The zero-order chi connectivity index (χ0) is 10.4. The largest absolute Gasteiger partial charge is 0.330 e. The van der Waals surface area contributed by atoms with Crippen molar-refractivity contribution in [2.75, 3.05) is 20.6 Å². The lowest BCUT2D eigenvalue weighted by molar-refractivity contribution is 0.192. The molecule has 0 aliphatic carbocycles. The molecule has 0 aromatic carbocycles. The summed E-state index contributed by atoms with van der Waals surface area (Å²) in [5.41, 5.74) is 1.09. The average molecular weight is 182 g/mol. The topological polar surface area (TPSA) is 23.6 Å². The van der Waals surface area contributed by atoms with Crippen molar-refractivity contribution in [3.63, 3.8) is 0 Å². The van der Waals surface area contributed by atoms with Crippen molar-refractivity contribution in [1.82, 2.24) is 9.80 Å². The van der Waals surface area contributed by atoms with E-state index in [9.17, 15) is 4.79 Å². The summed E-state index contributed by atoms with van der Waals surface area (Å²) in [5.74, 6) is 0. The van der Waals surface area contributed by atoms with Crippen LogP contribution in [-0.4, -0.2) is 36.5 Å². The Bertz CT molecular complexity index is 215. The summed E-state index contributed by atoms with van der Waals surface area (Å²) < 4.78 is 0. The Morgan fingerprint density at radius 3 is 2.23 bits per heavy atom. The number of hydrogen-bond donors (Lipinski definition) is 0. The molecule has 0 aliphatic heterocycles. The molecule has 0 heterocycles. The maximum absolute atomic E-state index is 11.5. The van der Waals surface area contributed by atoms with Gasteiger partial charge in [0.1, 0.15) is 0 Å². The molecular weight excluding hydrogens is 164 g/mol. The number of allylic oxidation sites excluding steroid dienone is 1. The lowest BCUT2D eigenvalue weighted by atomic mass is 10.3. The summed E-state index contributed by atoms with van der Waals surface area (Å²) in [5, 5.41) is 0. The third-order valence-electron chi connectivity index (χ3n) is 1.37. The fourth-order valence-electron chi connectivity index (χ4n) is 0.894. The number of hydrogen-bond acceptors (Lipinski definition) is 1. The Kier molecular flexibility index (Phi) is 4.89. The molecule has 0 unspecified atom stereocenters. The molecule has 0 rings (SSSR count). The van der Waals surface area contributed by atoms with E-state index in [4.69, 9.17) is 0 Å². The van der Waals surface area contributed by atoms with Crippen molar-refractivity contribution in [2.24, 2.45) is 0 Å². The van der Waals surface area contributed by atoms with Gasteiger partial charge in [0.05, 0.1) is 0 Å². The van der Waals surface area contributed by atoms with Gasteiger partial charge < -0.3 is 4.90 Å². The Hall–Kier alpha value is -1.25. The SMILES string of the molecule is C=CCN(C=C(C)C)C(=O)N(C)C. The molecule has 0 radical (unpaired) electrons. The Labute approximate surface area is 80.3 Å². The highest BCUT2D eigenvalue weighted by molar-refractivity contribution is 5.75. The Balaban J connectivity index is 4.50. The van der Waals surface area contributed by atoms with E-state index in [0.29, 0.717) is 6.54 Å². The maximum Gasteiger partial charge on any atom is 0.323 e. The second-order valence-electron chi connectivity index (χ2n) is 3.32. The van der Waals surface area contributed by atoms with Crippen LogP contribution in [0.3, 0.4) is 0 Å². The van der Waals surface area contributed by atoms with E-state index in [-0.39, 0.29) is 6.03 Å². The maximum atomic E-state index is 11.5. The number of carbonyl (C=O) groups is 1. The standard InChI is InChI=1S/C10H18N2O/c1-6-7-12(8-9(2)3)10(13)11(4)5/h6,8H,1,7H2,2-5H3. The molecule has 74 valence electrons. The van der Waals surface area contributed by atoms with Crippen molar-refractivity contribution in [2.45, 2.75) is 13.8 Å². The normalized spacial score (nSPS) is 8.92. The molecule has 0 spiro atoms. The Morgan fingerprint density at radius 1 is 1.38 bits per heavy atom. The van der Waals surface area contributed by atoms with Gasteiger partial charge >= 0.3 is 6.03 Å². The molecule has 0 saturated carbocycles.